The van der Waals surface area contributed by atoms with Crippen LogP contribution in [0.3, 0.4) is 0 Å². The van der Waals surface area contributed by atoms with E-state index in [1.807, 2.05) is 13.0 Å². The van der Waals surface area contributed by atoms with E-state index in [9.17, 15) is 9.59 Å². The van der Waals surface area contributed by atoms with Crippen molar-refractivity contribution in [2.45, 2.75) is 37.8 Å². The van der Waals surface area contributed by atoms with Crippen LogP contribution in [0.25, 0.3) is 10.9 Å². The molecule has 1 aliphatic rings. The third kappa shape index (κ3) is 4.48. The predicted octanol–water partition coefficient (Wildman–Crippen LogP) is 7.58. The molecule has 0 N–H and O–H groups in total. The molecule has 1 aromatic heterocycles. The zero-order chi connectivity index (χ0) is 28.0. The molecule has 200 valence electrons. The maximum Gasteiger partial charge on any atom is 0.310 e. The van der Waals surface area contributed by atoms with Crippen LogP contribution in [0.2, 0.25) is 5.02 Å². The molecule has 5 nitrogen and oxygen atoms in total. The Labute approximate surface area is 244 Å². The quantitative estimate of drug-likeness (QED) is 0.154. The van der Waals surface area contributed by atoms with Crippen molar-refractivity contribution in [3.8, 4) is 5.75 Å². The summed E-state index contributed by atoms with van der Waals surface area (Å²) in [6.45, 7) is 1.86. The molecule has 0 amide bonds. The number of halogens is 1. The lowest BCUT2D eigenvalue weighted by Crippen LogP contribution is -2.15. The first-order chi connectivity index (χ1) is 19.4. The molecule has 0 radical (unpaired) electrons. The third-order valence-corrected chi connectivity index (χ3v) is 11.1. The summed E-state index contributed by atoms with van der Waals surface area (Å²) in [7, 11) is 2.54. The Morgan fingerprint density at radius 2 is 1.50 bits per heavy atom. The number of nitrogens with zero attached hydrogens (tertiary/aromatic N) is 1. The van der Waals surface area contributed by atoms with Crippen molar-refractivity contribution in [3.63, 3.8) is 0 Å². The van der Waals surface area contributed by atoms with Crippen LogP contribution in [0.15, 0.2) is 109 Å². The summed E-state index contributed by atoms with van der Waals surface area (Å²) in [4.78, 5) is 32.2. The van der Waals surface area contributed by atoms with E-state index in [4.69, 9.17) is 21.1 Å². The van der Waals surface area contributed by atoms with Crippen molar-refractivity contribution in [2.75, 3.05) is 14.2 Å². The SMILES string of the molecule is COC(=O)Cc1c(C)n(C(=O)c2ccc(Cl)cc2)c2cc([S+]3c4ccccc4Sc4ccccc43)c(OC)cc12. The van der Waals surface area contributed by atoms with E-state index in [0.29, 0.717) is 27.5 Å². The minimum atomic E-state index is -0.484. The van der Waals surface area contributed by atoms with E-state index < -0.39 is 10.9 Å². The van der Waals surface area contributed by atoms with Crippen LogP contribution in [0, 0.1) is 6.92 Å². The van der Waals surface area contributed by atoms with E-state index >= 15 is 0 Å². The van der Waals surface area contributed by atoms with E-state index in [1.165, 1.54) is 26.7 Å². The van der Waals surface area contributed by atoms with Crippen LogP contribution in [0.5, 0.6) is 5.75 Å². The van der Waals surface area contributed by atoms with E-state index in [-0.39, 0.29) is 18.3 Å². The Bertz CT molecular complexity index is 1750. The number of esters is 1. The predicted molar refractivity (Wildman–Crippen MR) is 159 cm³/mol. The standard InChI is InChI=1S/C32H25ClNO4S2/c1-19-22(17-31(35)38-3)23-16-25(37-2)30(18-24(23)34(19)32(36)20-12-14-21(33)15-13-20)40-28-10-6-4-8-26(28)39-27-9-5-7-11-29(27)40/h4-16,18H,17H2,1-3H3/q+1. The summed E-state index contributed by atoms with van der Waals surface area (Å²) in [6.07, 6.45) is 0.0379. The zero-order valence-electron chi connectivity index (χ0n) is 22.1. The Hall–Kier alpha value is -3.65. The maximum absolute atomic E-state index is 14.0. The van der Waals surface area contributed by atoms with Crippen LogP contribution in [-0.2, 0) is 26.8 Å². The Morgan fingerprint density at radius 1 is 0.875 bits per heavy atom. The number of aromatic nitrogens is 1. The molecular formula is C32H25ClNO4S2+. The highest BCUT2D eigenvalue weighted by Gasteiger charge is 2.41. The van der Waals surface area contributed by atoms with Gasteiger partial charge in [-0.05, 0) is 67.1 Å². The highest BCUT2D eigenvalue weighted by Crippen LogP contribution is 2.50. The molecule has 40 heavy (non-hydrogen) atoms. The number of benzene rings is 4. The highest BCUT2D eigenvalue weighted by molar-refractivity contribution is 8.04. The van der Waals surface area contributed by atoms with Gasteiger partial charge in [-0.15, -0.1) is 0 Å². The molecule has 0 fully saturated rings. The molecule has 6 rings (SSSR count). The van der Waals surface area contributed by atoms with Gasteiger partial charge in [0.05, 0.1) is 35.9 Å². The largest absolute Gasteiger partial charge is 0.491 e. The summed E-state index contributed by atoms with van der Waals surface area (Å²) in [5, 5.41) is 1.33. The van der Waals surface area contributed by atoms with Gasteiger partial charge in [-0.3, -0.25) is 14.2 Å². The van der Waals surface area contributed by atoms with Gasteiger partial charge in [0.2, 0.25) is 4.90 Å². The fourth-order valence-corrected chi connectivity index (χ4v) is 9.10. The fourth-order valence-electron chi connectivity index (χ4n) is 5.11. The maximum atomic E-state index is 14.0. The van der Waals surface area contributed by atoms with Crippen LogP contribution in [0.1, 0.15) is 21.6 Å². The normalized spacial score (nSPS) is 12.6. The molecule has 0 saturated carbocycles. The molecule has 2 heterocycles. The summed E-state index contributed by atoms with van der Waals surface area (Å²) in [5.74, 6) is 0.127. The number of carbonyl (C=O) groups excluding carboxylic acids is 2. The van der Waals surface area contributed by atoms with Crippen LogP contribution in [0.4, 0.5) is 0 Å². The lowest BCUT2D eigenvalue weighted by atomic mass is 10.1. The monoisotopic (exact) mass is 586 g/mol. The number of carbonyl (C=O) groups is 2. The second-order valence-corrected chi connectivity index (χ2v) is 12.7. The van der Waals surface area contributed by atoms with Gasteiger partial charge in [-0.2, -0.15) is 0 Å². The fraction of sp³-hybridized carbons (Fsp3) is 0.125. The summed E-state index contributed by atoms with van der Waals surface area (Å²) in [6, 6.07) is 27.7. The average molecular weight is 587 g/mol. The topological polar surface area (TPSA) is 57.5 Å². The van der Waals surface area contributed by atoms with E-state index in [1.54, 1.807) is 47.7 Å². The van der Waals surface area contributed by atoms with Gasteiger partial charge >= 0.3 is 5.97 Å². The number of methoxy groups -OCH3 is 2. The average Bonchev–Trinajstić information content (AvgIpc) is 3.24. The van der Waals surface area contributed by atoms with Crippen molar-refractivity contribution in [2.24, 2.45) is 0 Å². The number of rotatable bonds is 5. The first-order valence-corrected chi connectivity index (χ1v) is 15.0. The molecule has 1 aliphatic heterocycles. The molecule has 5 aromatic rings. The summed E-state index contributed by atoms with van der Waals surface area (Å²) < 4.78 is 12.7. The molecule has 0 unspecified atom stereocenters. The summed E-state index contributed by atoms with van der Waals surface area (Å²) >= 11 is 7.87. The van der Waals surface area contributed by atoms with E-state index in [2.05, 4.69) is 54.6 Å². The molecule has 4 aromatic carbocycles. The van der Waals surface area contributed by atoms with Crippen LogP contribution in [-0.4, -0.2) is 30.7 Å². The van der Waals surface area contributed by atoms with Crippen molar-refractivity contribution in [3.05, 3.63) is 107 Å². The van der Waals surface area contributed by atoms with Gasteiger partial charge in [0.15, 0.2) is 15.5 Å². The number of ether oxygens (including phenoxy) is 2. The molecule has 0 spiro atoms. The third-order valence-electron chi connectivity index (χ3n) is 7.04. The van der Waals surface area contributed by atoms with Gasteiger partial charge in [-0.25, -0.2) is 0 Å². The Kier molecular flexibility index (Phi) is 7.13. The molecule has 0 aliphatic carbocycles. The smallest absolute Gasteiger partial charge is 0.310 e. The number of hydrogen-bond acceptors (Lipinski definition) is 5. The van der Waals surface area contributed by atoms with Crippen molar-refractivity contribution in [1.29, 1.82) is 0 Å². The second kappa shape index (κ2) is 10.7. The van der Waals surface area contributed by atoms with Gasteiger partial charge in [0.1, 0.15) is 10.9 Å². The van der Waals surface area contributed by atoms with Crippen LogP contribution >= 0.6 is 23.4 Å². The van der Waals surface area contributed by atoms with Crippen molar-refractivity contribution >= 4 is 57.0 Å². The zero-order valence-corrected chi connectivity index (χ0v) is 24.5. The minimum Gasteiger partial charge on any atom is -0.491 e. The first kappa shape index (κ1) is 26.6. The lowest BCUT2D eigenvalue weighted by Gasteiger charge is -2.20. The number of fused-ring (bicyclic) bond motifs is 3. The van der Waals surface area contributed by atoms with Crippen LogP contribution < -0.4 is 4.74 Å². The molecule has 0 atom stereocenters. The number of hydrogen-bond donors (Lipinski definition) is 0. The van der Waals surface area contributed by atoms with E-state index in [0.717, 1.165) is 15.8 Å². The Balaban J connectivity index is 1.64. The first-order valence-electron chi connectivity index (χ1n) is 12.6. The molecular weight excluding hydrogens is 562 g/mol. The lowest BCUT2D eigenvalue weighted by molar-refractivity contribution is -0.139. The van der Waals surface area contributed by atoms with Gasteiger partial charge in [0.25, 0.3) is 5.91 Å². The van der Waals surface area contributed by atoms with Crippen molar-refractivity contribution < 1.29 is 19.1 Å². The second-order valence-electron chi connectivity index (χ2n) is 9.29. The molecule has 8 heteroatoms. The van der Waals surface area contributed by atoms with Gasteiger partial charge in [0, 0.05) is 27.7 Å². The minimum absolute atomic E-state index is 0.0379. The van der Waals surface area contributed by atoms with Gasteiger partial charge < -0.3 is 9.47 Å². The van der Waals surface area contributed by atoms with Gasteiger partial charge in [-0.1, -0.05) is 47.6 Å². The Morgan fingerprint density at radius 3 is 2.10 bits per heavy atom. The summed E-state index contributed by atoms with van der Waals surface area (Å²) in [5.41, 5.74) is 2.63. The molecule has 0 bridgehead atoms. The highest BCUT2D eigenvalue weighted by atomic mass is 35.5. The van der Waals surface area contributed by atoms with Crippen molar-refractivity contribution in [1.82, 2.24) is 4.57 Å². The molecule has 0 saturated heterocycles.